The highest BCUT2D eigenvalue weighted by Gasteiger charge is 2.18. The lowest BCUT2D eigenvalue weighted by Gasteiger charge is -2.23. The highest BCUT2D eigenvalue weighted by molar-refractivity contribution is 7.18. The zero-order chi connectivity index (χ0) is 11.1. The average Bonchev–Trinajstić information content (AvgIpc) is 2.31. The molecule has 0 fully saturated rings. The van der Waals surface area contributed by atoms with E-state index in [4.69, 9.17) is 0 Å². The first kappa shape index (κ1) is 10.00. The Kier molecular flexibility index (Phi) is 2.30. The number of rotatable bonds is 0. The Bertz CT molecular complexity index is 602. The summed E-state index contributed by atoms with van der Waals surface area (Å²) in [5, 5.41) is 0.876. The van der Waals surface area contributed by atoms with Gasteiger partial charge in [-0.2, -0.15) is 0 Å². The molecule has 2 aromatic rings. The smallest absolute Gasteiger partial charge is 0.192 e. The number of hydrogen-bond acceptors (Lipinski definition) is 3. The van der Waals surface area contributed by atoms with E-state index in [1.807, 2.05) is 24.3 Å². The summed E-state index contributed by atoms with van der Waals surface area (Å²) < 4.78 is 1.12. The molecule has 0 unspecified atom stereocenters. The highest BCUT2D eigenvalue weighted by atomic mass is 32.1. The summed E-state index contributed by atoms with van der Waals surface area (Å²) in [6.45, 7) is 1.86. The van der Waals surface area contributed by atoms with Gasteiger partial charge in [-0.05, 0) is 25.6 Å². The van der Waals surface area contributed by atoms with Crippen LogP contribution in [0.15, 0.2) is 29.1 Å². The predicted octanol–water partition coefficient (Wildman–Crippen LogP) is 2.25. The normalized spacial score (nSPS) is 16.3. The minimum absolute atomic E-state index is 0.232. The fraction of sp³-hybridized carbons (Fsp3) is 0.308. The van der Waals surface area contributed by atoms with Crippen LogP contribution in [0.4, 0.5) is 0 Å². The van der Waals surface area contributed by atoms with Gasteiger partial charge in [0, 0.05) is 33.6 Å². The van der Waals surface area contributed by atoms with Gasteiger partial charge in [0.25, 0.3) is 0 Å². The molecule has 0 atom stereocenters. The predicted molar refractivity (Wildman–Crippen MR) is 68.1 cm³/mol. The number of benzene rings is 1. The third-order valence-corrected chi connectivity index (χ3v) is 4.40. The van der Waals surface area contributed by atoms with Gasteiger partial charge >= 0.3 is 0 Å². The Morgan fingerprint density at radius 2 is 2.12 bits per heavy atom. The molecule has 0 aliphatic carbocycles. The molecule has 16 heavy (non-hydrogen) atoms. The summed E-state index contributed by atoms with van der Waals surface area (Å²) in [5.41, 5.74) is 1.24. The van der Waals surface area contributed by atoms with E-state index in [0.717, 1.165) is 35.2 Å². The summed E-state index contributed by atoms with van der Waals surface area (Å²) in [4.78, 5) is 15.8. The summed E-state index contributed by atoms with van der Waals surface area (Å²) in [6.07, 6.45) is 1.01. The first-order valence-electron chi connectivity index (χ1n) is 5.48. The average molecular weight is 231 g/mol. The van der Waals surface area contributed by atoms with E-state index in [0.29, 0.717) is 0 Å². The molecule has 0 saturated heterocycles. The Balaban J connectivity index is 2.34. The fourth-order valence-corrected chi connectivity index (χ4v) is 3.39. The molecule has 0 amide bonds. The Morgan fingerprint density at radius 1 is 1.31 bits per heavy atom. The van der Waals surface area contributed by atoms with Crippen LogP contribution in [0.3, 0.4) is 0 Å². The van der Waals surface area contributed by atoms with Crippen LogP contribution in [0, 0.1) is 0 Å². The molecule has 1 aliphatic heterocycles. The molecular weight excluding hydrogens is 218 g/mol. The van der Waals surface area contributed by atoms with E-state index in [1.165, 1.54) is 4.88 Å². The van der Waals surface area contributed by atoms with Crippen molar-refractivity contribution in [3.63, 3.8) is 0 Å². The Hall–Kier alpha value is -1.19. The van der Waals surface area contributed by atoms with Crippen molar-refractivity contribution in [2.75, 3.05) is 13.6 Å². The summed E-state index contributed by atoms with van der Waals surface area (Å²) >= 11 is 1.78. The molecular formula is C13H13NOS. The lowest BCUT2D eigenvalue weighted by Crippen LogP contribution is -2.30. The number of nitrogens with zero attached hydrogens (tertiary/aromatic N) is 1. The van der Waals surface area contributed by atoms with Gasteiger partial charge in [0.2, 0.25) is 0 Å². The minimum atomic E-state index is 0.232. The summed E-state index contributed by atoms with van der Waals surface area (Å²) in [5.74, 6) is 0. The summed E-state index contributed by atoms with van der Waals surface area (Å²) in [6, 6.07) is 7.91. The highest BCUT2D eigenvalue weighted by Crippen LogP contribution is 2.25. The lowest BCUT2D eigenvalue weighted by molar-refractivity contribution is 0.314. The zero-order valence-electron chi connectivity index (χ0n) is 9.19. The first-order valence-corrected chi connectivity index (χ1v) is 6.29. The van der Waals surface area contributed by atoms with Crippen molar-refractivity contribution in [1.29, 1.82) is 0 Å². The van der Waals surface area contributed by atoms with Crippen LogP contribution < -0.4 is 5.43 Å². The van der Waals surface area contributed by atoms with E-state index >= 15 is 0 Å². The maximum absolute atomic E-state index is 12.3. The second kappa shape index (κ2) is 3.68. The van der Waals surface area contributed by atoms with Crippen LogP contribution in [-0.4, -0.2) is 18.5 Å². The van der Waals surface area contributed by atoms with Crippen molar-refractivity contribution < 1.29 is 0 Å². The van der Waals surface area contributed by atoms with Gasteiger partial charge in [-0.1, -0.05) is 12.1 Å². The monoisotopic (exact) mass is 231 g/mol. The van der Waals surface area contributed by atoms with Crippen LogP contribution in [0.1, 0.15) is 10.4 Å². The topological polar surface area (TPSA) is 20.3 Å². The van der Waals surface area contributed by atoms with Gasteiger partial charge in [-0.25, -0.2) is 0 Å². The van der Waals surface area contributed by atoms with Crippen molar-refractivity contribution in [3.8, 4) is 0 Å². The first-order chi connectivity index (χ1) is 7.75. The lowest BCUT2D eigenvalue weighted by atomic mass is 10.1. The van der Waals surface area contributed by atoms with E-state index in [1.54, 1.807) is 11.3 Å². The SMILES string of the molecule is CN1CCc2sc3ccccc3c(=O)c2C1. The second-order valence-electron chi connectivity index (χ2n) is 4.32. The molecule has 1 aliphatic rings. The molecule has 82 valence electrons. The molecule has 0 saturated carbocycles. The van der Waals surface area contributed by atoms with Crippen molar-refractivity contribution in [2.45, 2.75) is 13.0 Å². The van der Waals surface area contributed by atoms with Gasteiger partial charge in [0.15, 0.2) is 5.43 Å². The molecule has 3 rings (SSSR count). The van der Waals surface area contributed by atoms with Crippen LogP contribution in [0.2, 0.25) is 0 Å². The van der Waals surface area contributed by atoms with Gasteiger partial charge in [0.1, 0.15) is 0 Å². The third kappa shape index (κ3) is 1.47. The van der Waals surface area contributed by atoms with E-state index in [2.05, 4.69) is 11.9 Å². The largest absolute Gasteiger partial charge is 0.302 e. The van der Waals surface area contributed by atoms with Crippen LogP contribution in [0.5, 0.6) is 0 Å². The molecule has 1 aromatic heterocycles. The van der Waals surface area contributed by atoms with Gasteiger partial charge in [-0.15, -0.1) is 11.3 Å². The number of likely N-dealkylation sites (N-methyl/N-ethyl adjacent to an activating group) is 1. The van der Waals surface area contributed by atoms with Gasteiger partial charge < -0.3 is 4.90 Å². The van der Waals surface area contributed by atoms with Gasteiger partial charge in [-0.3, -0.25) is 4.79 Å². The van der Waals surface area contributed by atoms with E-state index in [-0.39, 0.29) is 5.43 Å². The molecule has 0 radical (unpaired) electrons. The van der Waals surface area contributed by atoms with Crippen molar-refractivity contribution in [2.24, 2.45) is 0 Å². The molecule has 0 bridgehead atoms. The Morgan fingerprint density at radius 3 is 3.00 bits per heavy atom. The standard InChI is InChI=1S/C13H13NOS/c1-14-7-6-12-10(8-14)13(15)9-4-2-3-5-11(9)16-12/h2-5H,6-8H2,1H3. The van der Waals surface area contributed by atoms with E-state index in [9.17, 15) is 4.79 Å². The van der Waals surface area contributed by atoms with Crippen molar-refractivity contribution in [1.82, 2.24) is 4.90 Å². The van der Waals surface area contributed by atoms with Crippen molar-refractivity contribution >= 4 is 21.4 Å². The van der Waals surface area contributed by atoms with Crippen LogP contribution in [0.25, 0.3) is 10.1 Å². The fourth-order valence-electron chi connectivity index (χ4n) is 2.23. The van der Waals surface area contributed by atoms with Gasteiger partial charge in [0.05, 0.1) is 0 Å². The third-order valence-electron chi connectivity index (χ3n) is 3.12. The van der Waals surface area contributed by atoms with Crippen molar-refractivity contribution in [3.05, 3.63) is 44.9 Å². The molecule has 0 N–H and O–H groups in total. The number of fused-ring (bicyclic) bond motifs is 2. The quantitative estimate of drug-likeness (QED) is 0.693. The zero-order valence-corrected chi connectivity index (χ0v) is 10.0. The second-order valence-corrected chi connectivity index (χ2v) is 5.45. The maximum Gasteiger partial charge on any atom is 0.192 e. The molecule has 0 spiro atoms. The van der Waals surface area contributed by atoms with E-state index < -0.39 is 0 Å². The maximum atomic E-state index is 12.3. The van der Waals surface area contributed by atoms with Crippen LogP contribution in [-0.2, 0) is 13.0 Å². The minimum Gasteiger partial charge on any atom is -0.302 e. The molecule has 1 aromatic carbocycles. The molecule has 2 nitrogen and oxygen atoms in total. The van der Waals surface area contributed by atoms with Crippen LogP contribution >= 0.6 is 11.3 Å². The summed E-state index contributed by atoms with van der Waals surface area (Å²) in [7, 11) is 2.07. The molecule has 3 heteroatoms. The number of hydrogen-bond donors (Lipinski definition) is 0. The molecule has 2 heterocycles. The Labute approximate surface area is 98.1 Å².